The van der Waals surface area contributed by atoms with E-state index in [-0.39, 0.29) is 18.0 Å². The van der Waals surface area contributed by atoms with E-state index in [4.69, 9.17) is 22.1 Å². The lowest BCUT2D eigenvalue weighted by molar-refractivity contribution is -0.142. The third-order valence-corrected chi connectivity index (χ3v) is 2.01. The van der Waals surface area contributed by atoms with Crippen LogP contribution in [0, 0.1) is 0 Å². The highest BCUT2D eigenvalue weighted by Gasteiger charge is 2.09. The lowest BCUT2D eigenvalue weighted by Gasteiger charge is -2.10. The molecule has 0 bridgehead atoms. The number of hydrogen-bond donors (Lipinski definition) is 2. The van der Waals surface area contributed by atoms with Crippen molar-refractivity contribution in [3.05, 3.63) is 23.2 Å². The van der Waals surface area contributed by atoms with Crippen molar-refractivity contribution in [1.29, 1.82) is 0 Å². The molecule has 7 heteroatoms. The van der Waals surface area contributed by atoms with Crippen molar-refractivity contribution >= 4 is 29.3 Å². The van der Waals surface area contributed by atoms with E-state index in [1.807, 2.05) is 0 Å². The predicted octanol–water partition coefficient (Wildman–Crippen LogP) is 1.38. The molecule has 0 spiro atoms. The molecule has 0 aromatic heterocycles. The number of carbonyl (C=O) groups is 2. The summed E-state index contributed by atoms with van der Waals surface area (Å²) in [5.74, 6) is -0.261. The number of rotatable bonds is 4. The van der Waals surface area contributed by atoms with Crippen LogP contribution in [0.15, 0.2) is 18.2 Å². The van der Waals surface area contributed by atoms with Gasteiger partial charge in [-0.1, -0.05) is 11.6 Å². The third kappa shape index (κ3) is 4.20. The van der Waals surface area contributed by atoms with Gasteiger partial charge in [0.15, 0.2) is 6.61 Å². The van der Waals surface area contributed by atoms with Gasteiger partial charge in [-0.3, -0.25) is 0 Å². The van der Waals surface area contributed by atoms with Gasteiger partial charge >= 0.3 is 12.0 Å². The van der Waals surface area contributed by atoms with Gasteiger partial charge in [-0.2, -0.15) is 0 Å². The van der Waals surface area contributed by atoms with Gasteiger partial charge in [0.25, 0.3) is 0 Å². The summed E-state index contributed by atoms with van der Waals surface area (Å²) < 4.78 is 9.56. The van der Waals surface area contributed by atoms with Crippen molar-refractivity contribution < 1.29 is 19.1 Å². The first-order chi connectivity index (χ1) is 8.02. The molecule has 0 aliphatic heterocycles. The zero-order valence-electron chi connectivity index (χ0n) is 9.03. The van der Waals surface area contributed by atoms with Crippen molar-refractivity contribution in [2.45, 2.75) is 0 Å². The molecule has 6 nitrogen and oxygen atoms in total. The van der Waals surface area contributed by atoms with E-state index in [0.29, 0.717) is 5.02 Å². The van der Waals surface area contributed by atoms with Crippen LogP contribution >= 0.6 is 11.6 Å². The first kappa shape index (κ1) is 13.1. The molecule has 0 radical (unpaired) electrons. The van der Waals surface area contributed by atoms with Crippen LogP contribution in [0.3, 0.4) is 0 Å². The number of anilines is 1. The van der Waals surface area contributed by atoms with E-state index in [1.165, 1.54) is 19.2 Å². The van der Waals surface area contributed by atoms with E-state index in [0.717, 1.165) is 0 Å². The lowest BCUT2D eigenvalue weighted by Crippen LogP contribution is -2.20. The number of ether oxygens (including phenoxy) is 2. The number of nitrogens with two attached hydrogens (primary N) is 1. The van der Waals surface area contributed by atoms with Crippen molar-refractivity contribution in [3.8, 4) is 5.75 Å². The Kier molecular flexibility index (Phi) is 4.59. The summed E-state index contributed by atoms with van der Waals surface area (Å²) in [5, 5.41) is 2.74. The highest BCUT2D eigenvalue weighted by Crippen LogP contribution is 2.27. The first-order valence-electron chi connectivity index (χ1n) is 4.58. The molecule has 1 rings (SSSR count). The Morgan fingerprint density at radius 1 is 1.47 bits per heavy atom. The summed E-state index contributed by atoms with van der Waals surface area (Å²) in [4.78, 5) is 21.6. The Bertz CT molecular complexity index is 436. The Balaban J connectivity index is 2.82. The molecular weight excluding hydrogens is 248 g/mol. The minimum absolute atomic E-state index is 0.272. The number of hydrogen-bond acceptors (Lipinski definition) is 4. The first-order valence-corrected chi connectivity index (χ1v) is 4.96. The van der Waals surface area contributed by atoms with Crippen LogP contribution < -0.4 is 15.8 Å². The van der Waals surface area contributed by atoms with E-state index in [1.54, 1.807) is 6.07 Å². The molecule has 0 aliphatic rings. The highest BCUT2D eigenvalue weighted by molar-refractivity contribution is 6.31. The number of nitrogens with one attached hydrogen (secondary N) is 1. The fraction of sp³-hybridized carbons (Fsp3) is 0.200. The SMILES string of the molecule is COC(=O)COc1ccc(Cl)cc1NC(N)=O. The summed E-state index contributed by atoms with van der Waals surface area (Å²) in [7, 11) is 1.25. The van der Waals surface area contributed by atoms with E-state index < -0.39 is 12.0 Å². The minimum Gasteiger partial charge on any atom is -0.480 e. The predicted molar refractivity (Wildman–Crippen MR) is 62.2 cm³/mol. The lowest BCUT2D eigenvalue weighted by atomic mass is 10.3. The minimum atomic E-state index is -0.754. The maximum absolute atomic E-state index is 10.9. The van der Waals surface area contributed by atoms with Crippen LogP contribution in [0.5, 0.6) is 5.75 Å². The number of carbonyl (C=O) groups excluding carboxylic acids is 2. The number of amides is 2. The highest BCUT2D eigenvalue weighted by atomic mass is 35.5. The van der Waals surface area contributed by atoms with Crippen LogP contribution in [0.25, 0.3) is 0 Å². The molecule has 0 saturated heterocycles. The Morgan fingerprint density at radius 3 is 2.76 bits per heavy atom. The Hall–Kier alpha value is -1.95. The fourth-order valence-electron chi connectivity index (χ4n) is 1.05. The molecule has 0 unspecified atom stereocenters. The van der Waals surface area contributed by atoms with Crippen molar-refractivity contribution in [3.63, 3.8) is 0 Å². The Morgan fingerprint density at radius 2 is 2.18 bits per heavy atom. The Labute approximate surface area is 103 Å². The molecule has 17 heavy (non-hydrogen) atoms. The van der Waals surface area contributed by atoms with Gasteiger partial charge in [-0.05, 0) is 18.2 Å². The van der Waals surface area contributed by atoms with Crippen molar-refractivity contribution in [1.82, 2.24) is 0 Å². The second-order valence-electron chi connectivity index (χ2n) is 2.99. The second-order valence-corrected chi connectivity index (χ2v) is 3.43. The number of esters is 1. The van der Waals surface area contributed by atoms with Gasteiger partial charge in [0.05, 0.1) is 12.8 Å². The van der Waals surface area contributed by atoms with Crippen LogP contribution in [0.1, 0.15) is 0 Å². The summed E-state index contributed by atoms with van der Waals surface area (Å²) in [6.45, 7) is -0.272. The molecule has 0 atom stereocenters. The molecule has 1 aromatic rings. The number of methoxy groups -OCH3 is 1. The zero-order chi connectivity index (χ0) is 12.8. The number of primary amides is 1. The third-order valence-electron chi connectivity index (χ3n) is 1.77. The van der Waals surface area contributed by atoms with Crippen LogP contribution in [0.2, 0.25) is 5.02 Å². The zero-order valence-corrected chi connectivity index (χ0v) is 9.78. The monoisotopic (exact) mass is 258 g/mol. The van der Waals surface area contributed by atoms with Crippen molar-refractivity contribution in [2.24, 2.45) is 5.73 Å². The quantitative estimate of drug-likeness (QED) is 0.799. The average Bonchev–Trinajstić information content (AvgIpc) is 2.26. The van der Waals surface area contributed by atoms with Crippen LogP contribution in [-0.2, 0) is 9.53 Å². The van der Waals surface area contributed by atoms with E-state index >= 15 is 0 Å². The van der Waals surface area contributed by atoms with Gasteiger partial charge in [0.1, 0.15) is 5.75 Å². The topological polar surface area (TPSA) is 90.7 Å². The van der Waals surface area contributed by atoms with Gasteiger partial charge in [-0.15, -0.1) is 0 Å². The largest absolute Gasteiger partial charge is 0.480 e. The standard InChI is InChI=1S/C10H11ClN2O4/c1-16-9(14)5-17-8-3-2-6(11)4-7(8)13-10(12)15/h2-4H,5H2,1H3,(H3,12,13,15). The molecular formula is C10H11ClN2O4. The van der Waals surface area contributed by atoms with Crippen LogP contribution in [-0.4, -0.2) is 25.7 Å². The smallest absolute Gasteiger partial charge is 0.343 e. The van der Waals surface area contributed by atoms with Gasteiger partial charge in [0.2, 0.25) is 0 Å². The van der Waals surface area contributed by atoms with E-state index in [9.17, 15) is 9.59 Å². The molecule has 1 aromatic carbocycles. The summed E-state index contributed by atoms with van der Waals surface area (Å²) in [5.41, 5.74) is 5.27. The number of urea groups is 1. The number of benzene rings is 1. The second kappa shape index (κ2) is 5.95. The van der Waals surface area contributed by atoms with Gasteiger partial charge < -0.3 is 20.5 Å². The summed E-state index contributed by atoms with van der Waals surface area (Å²) >= 11 is 5.75. The molecule has 0 heterocycles. The molecule has 3 N–H and O–H groups in total. The molecule has 0 aliphatic carbocycles. The van der Waals surface area contributed by atoms with Gasteiger partial charge in [-0.25, -0.2) is 9.59 Å². The maximum atomic E-state index is 10.9. The van der Waals surface area contributed by atoms with Crippen molar-refractivity contribution in [2.75, 3.05) is 19.0 Å². The summed E-state index contributed by atoms with van der Waals surface area (Å²) in [6.07, 6.45) is 0. The fourth-order valence-corrected chi connectivity index (χ4v) is 1.23. The molecule has 0 saturated carbocycles. The van der Waals surface area contributed by atoms with E-state index in [2.05, 4.69) is 10.1 Å². The number of halogens is 1. The summed E-state index contributed by atoms with van der Waals surface area (Å²) in [6, 6.07) is 3.77. The maximum Gasteiger partial charge on any atom is 0.343 e. The average molecular weight is 259 g/mol. The molecule has 2 amide bonds. The normalized spacial score (nSPS) is 9.53. The molecule has 0 fully saturated rings. The van der Waals surface area contributed by atoms with Crippen LogP contribution in [0.4, 0.5) is 10.5 Å². The van der Waals surface area contributed by atoms with Gasteiger partial charge in [0, 0.05) is 5.02 Å². The molecule has 92 valence electrons.